The van der Waals surface area contributed by atoms with Crippen molar-refractivity contribution in [2.45, 2.75) is 25.1 Å². The van der Waals surface area contributed by atoms with Crippen LogP contribution in [0.5, 0.6) is 0 Å². The van der Waals surface area contributed by atoms with Gasteiger partial charge in [0.25, 0.3) is 0 Å². The lowest BCUT2D eigenvalue weighted by Gasteiger charge is -2.27. The van der Waals surface area contributed by atoms with Crippen LogP contribution in [-0.2, 0) is 4.57 Å². The molecule has 1 N–H and O–H groups in total. The molecule has 0 saturated carbocycles. The first-order valence-electron chi connectivity index (χ1n) is 7.10. The first kappa shape index (κ1) is 15.8. The van der Waals surface area contributed by atoms with Crippen molar-refractivity contribution in [3.63, 3.8) is 0 Å². The second-order valence-electron chi connectivity index (χ2n) is 5.22. The molecule has 0 bridgehead atoms. The standard InChI is InChI=1S/C18H21O2P/c1-3-16(14-15(2)19)21(20,17-10-6-4-7-11-17)18-12-8-5-9-13-18/h3-13,15-16,19H,1,14H2,2H3/t15-,16?/m0/s1. The molecule has 2 rings (SSSR count). The third-order valence-corrected chi connectivity index (χ3v) is 7.09. The number of aliphatic hydroxyl groups is 1. The zero-order chi connectivity index (χ0) is 15.3. The first-order chi connectivity index (χ1) is 10.1. The largest absolute Gasteiger partial charge is 0.393 e. The average Bonchev–Trinajstić information content (AvgIpc) is 2.53. The van der Waals surface area contributed by atoms with E-state index in [-0.39, 0.29) is 5.66 Å². The molecule has 110 valence electrons. The Morgan fingerprint density at radius 2 is 1.48 bits per heavy atom. The van der Waals surface area contributed by atoms with Gasteiger partial charge in [-0.2, -0.15) is 0 Å². The molecule has 0 aromatic heterocycles. The summed E-state index contributed by atoms with van der Waals surface area (Å²) in [4.78, 5) is 0. The molecule has 2 nitrogen and oxygen atoms in total. The minimum Gasteiger partial charge on any atom is -0.393 e. The maximum Gasteiger partial charge on any atom is 0.149 e. The molecule has 0 saturated heterocycles. The van der Waals surface area contributed by atoms with Gasteiger partial charge in [0.15, 0.2) is 0 Å². The van der Waals surface area contributed by atoms with E-state index in [0.29, 0.717) is 6.42 Å². The second-order valence-corrected chi connectivity index (χ2v) is 8.23. The SMILES string of the molecule is C=CC(C[C@H](C)O)P(=O)(c1ccccc1)c1ccccc1. The van der Waals surface area contributed by atoms with Gasteiger partial charge in [0.2, 0.25) is 0 Å². The molecular formula is C18H21O2P. The van der Waals surface area contributed by atoms with Gasteiger partial charge in [0, 0.05) is 16.3 Å². The molecule has 2 aromatic rings. The summed E-state index contributed by atoms with van der Waals surface area (Å²) in [5.41, 5.74) is -0.276. The van der Waals surface area contributed by atoms with E-state index in [1.807, 2.05) is 60.7 Å². The molecule has 0 fully saturated rings. The van der Waals surface area contributed by atoms with Crippen LogP contribution in [0.25, 0.3) is 0 Å². The van der Waals surface area contributed by atoms with Gasteiger partial charge in [-0.25, -0.2) is 0 Å². The van der Waals surface area contributed by atoms with Crippen LogP contribution in [0.15, 0.2) is 73.3 Å². The predicted octanol–water partition coefficient (Wildman–Crippen LogP) is 3.33. The summed E-state index contributed by atoms with van der Waals surface area (Å²) in [6.07, 6.45) is 1.63. The highest BCUT2D eigenvalue weighted by atomic mass is 31.2. The summed E-state index contributed by atoms with van der Waals surface area (Å²) in [6, 6.07) is 19.0. The Kier molecular flexibility index (Phi) is 5.17. The van der Waals surface area contributed by atoms with Crippen molar-refractivity contribution >= 4 is 17.8 Å². The Balaban J connectivity index is 2.59. The van der Waals surface area contributed by atoms with Crippen LogP contribution >= 0.6 is 7.14 Å². The predicted molar refractivity (Wildman–Crippen MR) is 90.0 cm³/mol. The summed E-state index contributed by atoms with van der Waals surface area (Å²) in [6.45, 7) is 5.57. The summed E-state index contributed by atoms with van der Waals surface area (Å²) >= 11 is 0. The van der Waals surface area contributed by atoms with Gasteiger partial charge in [-0.3, -0.25) is 0 Å². The van der Waals surface area contributed by atoms with Crippen molar-refractivity contribution in [3.05, 3.63) is 73.3 Å². The van der Waals surface area contributed by atoms with Crippen LogP contribution in [0.1, 0.15) is 13.3 Å². The van der Waals surface area contributed by atoms with Gasteiger partial charge < -0.3 is 9.67 Å². The number of hydrogen-bond acceptors (Lipinski definition) is 2. The molecule has 0 aliphatic rings. The van der Waals surface area contributed by atoms with Crippen molar-refractivity contribution < 1.29 is 9.67 Å². The quantitative estimate of drug-likeness (QED) is 0.656. The lowest BCUT2D eigenvalue weighted by molar-refractivity contribution is 0.186. The van der Waals surface area contributed by atoms with Crippen molar-refractivity contribution in [3.8, 4) is 0 Å². The highest BCUT2D eigenvalue weighted by Gasteiger charge is 2.35. The van der Waals surface area contributed by atoms with E-state index in [4.69, 9.17) is 0 Å². The molecule has 3 heteroatoms. The normalized spacial score (nSPS) is 14.4. The van der Waals surface area contributed by atoms with Crippen molar-refractivity contribution in [2.24, 2.45) is 0 Å². The third-order valence-electron chi connectivity index (χ3n) is 3.60. The summed E-state index contributed by atoms with van der Waals surface area (Å²) in [7, 11) is -2.87. The molecule has 0 aliphatic carbocycles. The van der Waals surface area contributed by atoms with E-state index in [1.54, 1.807) is 13.0 Å². The highest BCUT2D eigenvalue weighted by molar-refractivity contribution is 7.79. The lowest BCUT2D eigenvalue weighted by atomic mass is 10.2. The van der Waals surface area contributed by atoms with Crippen LogP contribution in [0.4, 0.5) is 0 Å². The molecule has 0 radical (unpaired) electrons. The van der Waals surface area contributed by atoms with Gasteiger partial charge in [0.1, 0.15) is 7.14 Å². The Hall–Kier alpha value is -1.63. The zero-order valence-electron chi connectivity index (χ0n) is 12.2. The fourth-order valence-corrected chi connectivity index (χ4v) is 5.77. The van der Waals surface area contributed by atoms with Crippen LogP contribution < -0.4 is 10.6 Å². The summed E-state index contributed by atoms with van der Waals surface area (Å²) < 4.78 is 13.9. The monoisotopic (exact) mass is 300 g/mol. The number of allylic oxidation sites excluding steroid dienone is 1. The van der Waals surface area contributed by atoms with E-state index < -0.39 is 13.2 Å². The fraction of sp³-hybridized carbons (Fsp3) is 0.222. The molecule has 0 aliphatic heterocycles. The van der Waals surface area contributed by atoms with Crippen LogP contribution in [0.3, 0.4) is 0 Å². The Bertz CT molecular complexity index is 577. The molecule has 2 aromatic carbocycles. The molecule has 1 unspecified atom stereocenters. The zero-order valence-corrected chi connectivity index (χ0v) is 13.1. The smallest absolute Gasteiger partial charge is 0.149 e. The summed E-state index contributed by atoms with van der Waals surface area (Å²) in [5, 5.41) is 11.4. The topological polar surface area (TPSA) is 37.3 Å². The molecular weight excluding hydrogens is 279 g/mol. The number of benzene rings is 2. The third kappa shape index (κ3) is 3.34. The molecule has 0 heterocycles. The van der Waals surface area contributed by atoms with E-state index in [0.717, 1.165) is 10.6 Å². The van der Waals surface area contributed by atoms with Crippen LogP contribution in [0.2, 0.25) is 0 Å². The van der Waals surface area contributed by atoms with Gasteiger partial charge in [0.05, 0.1) is 6.10 Å². The maximum absolute atomic E-state index is 13.9. The minimum absolute atomic E-state index is 0.276. The van der Waals surface area contributed by atoms with E-state index in [2.05, 4.69) is 6.58 Å². The van der Waals surface area contributed by atoms with Crippen molar-refractivity contribution in [1.82, 2.24) is 0 Å². The molecule has 21 heavy (non-hydrogen) atoms. The Morgan fingerprint density at radius 3 is 1.81 bits per heavy atom. The lowest BCUT2D eigenvalue weighted by Crippen LogP contribution is -2.27. The van der Waals surface area contributed by atoms with Gasteiger partial charge in [-0.05, 0) is 13.3 Å². The van der Waals surface area contributed by atoms with Gasteiger partial charge >= 0.3 is 0 Å². The molecule has 2 atom stereocenters. The first-order valence-corrected chi connectivity index (χ1v) is 8.88. The van der Waals surface area contributed by atoms with Crippen LogP contribution in [0, 0.1) is 0 Å². The fourth-order valence-electron chi connectivity index (χ4n) is 2.57. The molecule has 0 amide bonds. The Labute approximate surface area is 126 Å². The second kappa shape index (κ2) is 6.89. The van der Waals surface area contributed by atoms with E-state index in [9.17, 15) is 9.67 Å². The average molecular weight is 300 g/mol. The van der Waals surface area contributed by atoms with Gasteiger partial charge in [-0.15, -0.1) is 6.58 Å². The summed E-state index contributed by atoms with van der Waals surface area (Å²) in [5.74, 6) is 0. The number of aliphatic hydroxyl groups excluding tert-OH is 1. The van der Waals surface area contributed by atoms with Gasteiger partial charge in [-0.1, -0.05) is 66.7 Å². The number of rotatable bonds is 6. The Morgan fingerprint density at radius 1 is 1.05 bits per heavy atom. The number of hydrogen-bond donors (Lipinski definition) is 1. The minimum atomic E-state index is -2.87. The van der Waals surface area contributed by atoms with E-state index in [1.165, 1.54) is 0 Å². The van der Waals surface area contributed by atoms with Crippen molar-refractivity contribution in [1.29, 1.82) is 0 Å². The van der Waals surface area contributed by atoms with E-state index >= 15 is 0 Å². The maximum atomic E-state index is 13.9. The van der Waals surface area contributed by atoms with Crippen LogP contribution in [-0.4, -0.2) is 16.9 Å². The van der Waals surface area contributed by atoms with Crippen molar-refractivity contribution in [2.75, 3.05) is 0 Å². The molecule has 0 spiro atoms. The highest BCUT2D eigenvalue weighted by Crippen LogP contribution is 2.50.